The lowest BCUT2D eigenvalue weighted by atomic mass is 9.98. The summed E-state index contributed by atoms with van der Waals surface area (Å²) >= 11 is 1.58. The number of amides is 1. The third-order valence-electron chi connectivity index (χ3n) is 6.12. The number of para-hydroxylation sites is 2. The second-order valence-electron chi connectivity index (χ2n) is 8.54. The van der Waals surface area contributed by atoms with E-state index < -0.39 is 15.9 Å². The quantitative estimate of drug-likeness (QED) is 0.410. The van der Waals surface area contributed by atoms with Crippen LogP contribution in [-0.2, 0) is 14.8 Å². The highest BCUT2D eigenvalue weighted by Gasteiger charge is 2.33. The third-order valence-corrected chi connectivity index (χ3v) is 9.07. The van der Waals surface area contributed by atoms with Crippen LogP contribution in [0.1, 0.15) is 18.4 Å². The number of aryl methyl sites for hydroxylation is 1. The molecule has 0 bridgehead atoms. The van der Waals surface area contributed by atoms with E-state index >= 15 is 0 Å². The normalized spacial score (nSPS) is 17.0. The number of carbonyl (C=O) groups excluding carboxylic acids is 1. The van der Waals surface area contributed by atoms with Gasteiger partial charge in [-0.3, -0.25) is 4.79 Å². The van der Waals surface area contributed by atoms with Crippen molar-refractivity contribution in [2.75, 3.05) is 18.4 Å². The first-order chi connectivity index (χ1) is 16.4. The molecule has 1 saturated heterocycles. The number of thiazole rings is 1. The maximum atomic E-state index is 13.2. The number of benzene rings is 3. The molecule has 0 aliphatic carbocycles. The zero-order chi connectivity index (χ0) is 23.7. The average Bonchev–Trinajstić information content (AvgIpc) is 3.29. The minimum atomic E-state index is -3.64. The molecule has 6 nitrogen and oxygen atoms in total. The molecule has 1 aliphatic rings. The van der Waals surface area contributed by atoms with E-state index in [1.807, 2.05) is 55.5 Å². The fraction of sp³-hybridized carbons (Fsp3) is 0.231. The molecule has 1 amide bonds. The van der Waals surface area contributed by atoms with Gasteiger partial charge in [0.15, 0.2) is 0 Å². The van der Waals surface area contributed by atoms with Crippen LogP contribution in [0.2, 0.25) is 0 Å². The lowest BCUT2D eigenvalue weighted by Crippen LogP contribution is -2.43. The summed E-state index contributed by atoms with van der Waals surface area (Å²) in [7, 11) is -3.64. The molecule has 0 radical (unpaired) electrons. The lowest BCUT2D eigenvalue weighted by molar-refractivity contribution is -0.120. The van der Waals surface area contributed by atoms with E-state index in [0.29, 0.717) is 25.1 Å². The van der Waals surface area contributed by atoms with Crippen molar-refractivity contribution < 1.29 is 13.2 Å². The number of hydrogen-bond acceptors (Lipinski definition) is 5. The summed E-state index contributed by atoms with van der Waals surface area (Å²) in [6.07, 6.45) is 1.29. The monoisotopic (exact) mass is 491 g/mol. The number of rotatable bonds is 5. The van der Waals surface area contributed by atoms with E-state index in [2.05, 4.69) is 5.32 Å². The Morgan fingerprint density at radius 3 is 2.56 bits per heavy atom. The zero-order valence-electron chi connectivity index (χ0n) is 18.8. The number of fused-ring (bicyclic) bond motifs is 1. The molecule has 1 aromatic heterocycles. The van der Waals surface area contributed by atoms with E-state index in [1.165, 1.54) is 4.31 Å². The van der Waals surface area contributed by atoms with Crippen LogP contribution in [-0.4, -0.2) is 36.7 Å². The number of nitrogens with zero attached hydrogens (tertiary/aromatic N) is 2. The molecule has 5 rings (SSSR count). The molecule has 0 spiro atoms. The third kappa shape index (κ3) is 4.49. The summed E-state index contributed by atoms with van der Waals surface area (Å²) in [6.45, 7) is 2.51. The molecule has 174 valence electrons. The van der Waals surface area contributed by atoms with Crippen LogP contribution in [0.5, 0.6) is 0 Å². The van der Waals surface area contributed by atoms with Crippen molar-refractivity contribution in [2.45, 2.75) is 24.7 Å². The van der Waals surface area contributed by atoms with Gasteiger partial charge in [0.2, 0.25) is 15.9 Å². The summed E-state index contributed by atoms with van der Waals surface area (Å²) in [5.41, 5.74) is 3.47. The smallest absolute Gasteiger partial charge is 0.243 e. The molecule has 0 saturated carbocycles. The molecule has 34 heavy (non-hydrogen) atoms. The van der Waals surface area contributed by atoms with Crippen molar-refractivity contribution in [1.29, 1.82) is 0 Å². The summed E-state index contributed by atoms with van der Waals surface area (Å²) in [5.74, 6) is -0.588. The molecular weight excluding hydrogens is 466 g/mol. The molecule has 4 aromatic rings. The van der Waals surface area contributed by atoms with Crippen LogP contribution in [0.3, 0.4) is 0 Å². The number of hydrogen-bond donors (Lipinski definition) is 1. The summed E-state index contributed by atoms with van der Waals surface area (Å²) in [4.78, 5) is 18.2. The maximum Gasteiger partial charge on any atom is 0.243 e. The van der Waals surface area contributed by atoms with Gasteiger partial charge in [-0.05, 0) is 56.2 Å². The van der Waals surface area contributed by atoms with E-state index in [4.69, 9.17) is 4.98 Å². The fourth-order valence-electron chi connectivity index (χ4n) is 4.23. The number of piperidine rings is 1. The highest BCUT2D eigenvalue weighted by atomic mass is 32.2. The van der Waals surface area contributed by atoms with Gasteiger partial charge < -0.3 is 5.32 Å². The Kier molecular flexibility index (Phi) is 6.20. The fourth-order valence-corrected chi connectivity index (χ4v) is 6.76. The summed E-state index contributed by atoms with van der Waals surface area (Å²) < 4.78 is 28.8. The minimum absolute atomic E-state index is 0.169. The predicted molar refractivity (Wildman–Crippen MR) is 136 cm³/mol. The van der Waals surface area contributed by atoms with E-state index in [-0.39, 0.29) is 17.3 Å². The molecule has 3 aromatic carbocycles. The van der Waals surface area contributed by atoms with Gasteiger partial charge in [0.05, 0.1) is 26.7 Å². The highest BCUT2D eigenvalue weighted by Crippen LogP contribution is 2.35. The van der Waals surface area contributed by atoms with Crippen molar-refractivity contribution >= 4 is 43.2 Å². The van der Waals surface area contributed by atoms with Crippen molar-refractivity contribution in [2.24, 2.45) is 5.92 Å². The molecule has 1 N–H and O–H groups in total. The van der Waals surface area contributed by atoms with Gasteiger partial charge in [0.1, 0.15) is 5.01 Å². The van der Waals surface area contributed by atoms with E-state index in [0.717, 1.165) is 26.4 Å². The van der Waals surface area contributed by atoms with E-state index in [1.54, 1.807) is 35.6 Å². The Bertz CT molecular complexity index is 1410. The van der Waals surface area contributed by atoms with Crippen molar-refractivity contribution in [1.82, 2.24) is 9.29 Å². The largest absolute Gasteiger partial charge is 0.325 e. The van der Waals surface area contributed by atoms with Gasteiger partial charge in [0.25, 0.3) is 0 Å². The number of carbonyl (C=O) groups is 1. The SMILES string of the molecule is Cc1ccc(S(=O)(=O)N2CCCC(C(=O)Nc3ccccc3-c3nc4ccccc4s3)C2)cc1. The van der Waals surface area contributed by atoms with Gasteiger partial charge in [-0.25, -0.2) is 13.4 Å². The molecule has 1 aliphatic heterocycles. The number of anilines is 1. The van der Waals surface area contributed by atoms with Crippen LogP contribution >= 0.6 is 11.3 Å². The van der Waals surface area contributed by atoms with Gasteiger partial charge in [-0.1, -0.05) is 42.0 Å². The Hall–Kier alpha value is -3.07. The molecule has 1 fully saturated rings. The van der Waals surface area contributed by atoms with Gasteiger partial charge in [0, 0.05) is 18.7 Å². The second-order valence-corrected chi connectivity index (χ2v) is 11.5. The Labute approximate surface area is 203 Å². The molecule has 8 heteroatoms. The van der Waals surface area contributed by atoms with Crippen molar-refractivity contribution in [3.8, 4) is 10.6 Å². The number of nitrogens with one attached hydrogen (secondary N) is 1. The van der Waals surface area contributed by atoms with Crippen LogP contribution in [0.4, 0.5) is 5.69 Å². The first-order valence-corrected chi connectivity index (χ1v) is 13.5. The van der Waals surface area contributed by atoms with Crippen LogP contribution in [0.15, 0.2) is 77.7 Å². The van der Waals surface area contributed by atoms with Gasteiger partial charge in [-0.2, -0.15) is 4.31 Å². The van der Waals surface area contributed by atoms with Crippen LogP contribution in [0.25, 0.3) is 20.8 Å². The van der Waals surface area contributed by atoms with Gasteiger partial charge in [-0.15, -0.1) is 11.3 Å². The molecule has 1 atom stereocenters. The lowest BCUT2D eigenvalue weighted by Gasteiger charge is -2.31. The standard InChI is InChI=1S/C26H25N3O3S2/c1-18-12-14-20(15-13-18)34(31,32)29-16-6-7-19(17-29)25(30)27-22-9-3-2-8-21(22)26-28-23-10-4-5-11-24(23)33-26/h2-5,8-15,19H,6-7,16-17H2,1H3,(H,27,30). The molecule has 1 unspecified atom stereocenters. The van der Waals surface area contributed by atoms with Crippen molar-refractivity contribution in [3.63, 3.8) is 0 Å². The summed E-state index contributed by atoms with van der Waals surface area (Å²) in [6, 6.07) is 22.4. The zero-order valence-corrected chi connectivity index (χ0v) is 20.4. The molecular formula is C26H25N3O3S2. The van der Waals surface area contributed by atoms with Gasteiger partial charge >= 0.3 is 0 Å². The number of sulfonamides is 1. The van der Waals surface area contributed by atoms with Crippen LogP contribution in [0, 0.1) is 12.8 Å². The van der Waals surface area contributed by atoms with Crippen LogP contribution < -0.4 is 5.32 Å². The second kappa shape index (κ2) is 9.29. The predicted octanol–water partition coefficient (Wildman–Crippen LogP) is 5.31. The van der Waals surface area contributed by atoms with Crippen molar-refractivity contribution in [3.05, 3.63) is 78.4 Å². The number of aromatic nitrogens is 1. The first kappa shape index (κ1) is 22.7. The molecule has 2 heterocycles. The maximum absolute atomic E-state index is 13.2. The Morgan fingerprint density at radius 2 is 1.76 bits per heavy atom. The first-order valence-electron chi connectivity index (χ1n) is 11.2. The Balaban J connectivity index is 1.35. The topological polar surface area (TPSA) is 79.4 Å². The van der Waals surface area contributed by atoms with E-state index in [9.17, 15) is 13.2 Å². The Morgan fingerprint density at radius 1 is 1.03 bits per heavy atom. The highest BCUT2D eigenvalue weighted by molar-refractivity contribution is 7.89. The average molecular weight is 492 g/mol. The summed E-state index contributed by atoms with van der Waals surface area (Å²) in [5, 5.41) is 3.89. The minimum Gasteiger partial charge on any atom is -0.325 e.